The third kappa shape index (κ3) is 3.82. The zero-order valence-corrected chi connectivity index (χ0v) is 11.6. The molecule has 0 atom stereocenters. The average molecular weight is 284 g/mol. The van der Waals surface area contributed by atoms with Gasteiger partial charge in [0.1, 0.15) is 11.5 Å². The van der Waals surface area contributed by atoms with Crippen molar-refractivity contribution in [1.82, 2.24) is 5.43 Å². The van der Waals surface area contributed by atoms with E-state index in [1.807, 2.05) is 31.2 Å². The van der Waals surface area contributed by atoms with Crippen LogP contribution in [0.4, 0.5) is 0 Å². The molecule has 2 N–H and O–H groups in total. The van der Waals surface area contributed by atoms with Crippen LogP contribution in [0.3, 0.4) is 0 Å². The highest BCUT2D eigenvalue weighted by Crippen LogP contribution is 2.16. The lowest BCUT2D eigenvalue weighted by atomic mass is 10.2. The Morgan fingerprint density at radius 1 is 1.24 bits per heavy atom. The Morgan fingerprint density at radius 3 is 2.71 bits per heavy atom. The first-order valence-corrected chi connectivity index (χ1v) is 6.55. The highest BCUT2D eigenvalue weighted by molar-refractivity contribution is 5.97. The summed E-state index contributed by atoms with van der Waals surface area (Å²) in [6.45, 7) is 2.45. The first-order valence-electron chi connectivity index (χ1n) is 6.55. The summed E-state index contributed by atoms with van der Waals surface area (Å²) in [6, 6.07) is 13.7. The summed E-state index contributed by atoms with van der Waals surface area (Å²) >= 11 is 0. The summed E-state index contributed by atoms with van der Waals surface area (Å²) in [5, 5.41) is 13.5. The van der Waals surface area contributed by atoms with Gasteiger partial charge in [-0.05, 0) is 31.2 Å². The molecule has 0 radical (unpaired) electrons. The van der Waals surface area contributed by atoms with Gasteiger partial charge in [-0.2, -0.15) is 5.10 Å². The highest BCUT2D eigenvalue weighted by Gasteiger charge is 2.08. The average Bonchev–Trinajstić information content (AvgIpc) is 2.49. The molecule has 0 bridgehead atoms. The van der Waals surface area contributed by atoms with Gasteiger partial charge in [0.2, 0.25) is 0 Å². The largest absolute Gasteiger partial charge is 0.507 e. The third-order valence-electron chi connectivity index (χ3n) is 2.74. The van der Waals surface area contributed by atoms with Crippen molar-refractivity contribution in [2.45, 2.75) is 6.92 Å². The van der Waals surface area contributed by atoms with Crippen LogP contribution in [-0.2, 0) is 0 Å². The van der Waals surface area contributed by atoms with Crippen molar-refractivity contribution in [1.29, 1.82) is 0 Å². The molecule has 0 spiro atoms. The lowest BCUT2D eigenvalue weighted by Crippen LogP contribution is -2.17. The first kappa shape index (κ1) is 14.6. The number of hydrazone groups is 1. The van der Waals surface area contributed by atoms with Gasteiger partial charge in [0.25, 0.3) is 5.91 Å². The van der Waals surface area contributed by atoms with Crippen molar-refractivity contribution in [3.63, 3.8) is 0 Å². The number of rotatable bonds is 5. The quantitative estimate of drug-likeness (QED) is 0.654. The molecule has 0 fully saturated rings. The number of phenolic OH excluding ortho intramolecular Hbond substituents is 1. The number of aromatic hydroxyl groups is 1. The molecule has 0 aliphatic heterocycles. The molecule has 2 rings (SSSR count). The van der Waals surface area contributed by atoms with Gasteiger partial charge in [-0.1, -0.05) is 24.3 Å². The summed E-state index contributed by atoms with van der Waals surface area (Å²) in [4.78, 5) is 11.9. The van der Waals surface area contributed by atoms with E-state index in [1.165, 1.54) is 18.3 Å². The minimum atomic E-state index is -0.474. The number of carbonyl (C=O) groups is 1. The van der Waals surface area contributed by atoms with Gasteiger partial charge in [-0.15, -0.1) is 0 Å². The van der Waals surface area contributed by atoms with Crippen LogP contribution in [-0.4, -0.2) is 23.8 Å². The molecular formula is C16H16N2O3. The number of benzene rings is 2. The number of amides is 1. The molecule has 2 aromatic rings. The molecule has 108 valence electrons. The summed E-state index contributed by atoms with van der Waals surface area (Å²) in [5.41, 5.74) is 3.31. The van der Waals surface area contributed by atoms with Crippen LogP contribution in [0.1, 0.15) is 22.8 Å². The highest BCUT2D eigenvalue weighted by atomic mass is 16.5. The lowest BCUT2D eigenvalue weighted by Gasteiger charge is -2.06. The normalized spacial score (nSPS) is 10.5. The lowest BCUT2D eigenvalue weighted by molar-refractivity contribution is 0.0952. The smallest absolute Gasteiger partial charge is 0.275 e. The van der Waals surface area contributed by atoms with E-state index < -0.39 is 5.91 Å². The van der Waals surface area contributed by atoms with E-state index in [9.17, 15) is 9.90 Å². The molecule has 2 aromatic carbocycles. The summed E-state index contributed by atoms with van der Waals surface area (Å²) < 4.78 is 5.45. The van der Waals surface area contributed by atoms with Crippen LogP contribution in [0, 0.1) is 0 Å². The zero-order chi connectivity index (χ0) is 15.1. The molecule has 0 aliphatic carbocycles. The van der Waals surface area contributed by atoms with E-state index in [2.05, 4.69) is 10.5 Å². The van der Waals surface area contributed by atoms with Crippen LogP contribution in [0.25, 0.3) is 0 Å². The Balaban J connectivity index is 2.06. The fourth-order valence-electron chi connectivity index (χ4n) is 1.76. The number of carbonyl (C=O) groups excluding carboxylic acids is 1. The van der Waals surface area contributed by atoms with E-state index in [0.717, 1.165) is 5.56 Å². The van der Waals surface area contributed by atoms with Crippen molar-refractivity contribution < 1.29 is 14.6 Å². The summed E-state index contributed by atoms with van der Waals surface area (Å²) in [7, 11) is 0. The number of hydrogen-bond acceptors (Lipinski definition) is 4. The van der Waals surface area contributed by atoms with Crippen LogP contribution >= 0.6 is 0 Å². The van der Waals surface area contributed by atoms with Crippen molar-refractivity contribution in [3.05, 3.63) is 59.7 Å². The van der Waals surface area contributed by atoms with Gasteiger partial charge in [0.05, 0.1) is 18.4 Å². The van der Waals surface area contributed by atoms with Crippen LogP contribution < -0.4 is 10.2 Å². The van der Waals surface area contributed by atoms with Crippen molar-refractivity contribution in [2.75, 3.05) is 6.61 Å². The van der Waals surface area contributed by atoms with Gasteiger partial charge >= 0.3 is 0 Å². The molecule has 0 aliphatic rings. The number of para-hydroxylation sites is 2. The second-order valence-electron chi connectivity index (χ2n) is 4.19. The van der Waals surface area contributed by atoms with Crippen molar-refractivity contribution in [3.8, 4) is 11.5 Å². The standard InChI is InChI=1S/C16H16N2O3/c1-2-21-15-10-6-3-7-12(15)11-17-18-16(20)13-8-4-5-9-14(13)19/h3-11,19H,2H2,1H3,(H,18,20)/b17-11-. The van der Waals surface area contributed by atoms with Crippen molar-refractivity contribution in [2.24, 2.45) is 5.10 Å². The Morgan fingerprint density at radius 2 is 1.95 bits per heavy atom. The predicted molar refractivity (Wildman–Crippen MR) is 80.8 cm³/mol. The van der Waals surface area contributed by atoms with Crippen LogP contribution in [0.15, 0.2) is 53.6 Å². The van der Waals surface area contributed by atoms with Gasteiger partial charge in [0.15, 0.2) is 0 Å². The molecule has 0 aromatic heterocycles. The SMILES string of the molecule is CCOc1ccccc1/C=N\NC(=O)c1ccccc1O. The van der Waals surface area contributed by atoms with E-state index in [0.29, 0.717) is 12.4 Å². The molecule has 5 heteroatoms. The fourth-order valence-corrected chi connectivity index (χ4v) is 1.76. The van der Waals surface area contributed by atoms with Crippen LogP contribution in [0.5, 0.6) is 11.5 Å². The minimum absolute atomic E-state index is 0.0834. The number of hydrogen-bond donors (Lipinski definition) is 2. The van der Waals surface area contributed by atoms with Crippen molar-refractivity contribution >= 4 is 12.1 Å². The summed E-state index contributed by atoms with van der Waals surface area (Å²) in [6.07, 6.45) is 1.50. The van der Waals surface area contributed by atoms with Gasteiger partial charge in [-0.25, -0.2) is 5.43 Å². The maximum atomic E-state index is 11.9. The van der Waals surface area contributed by atoms with Gasteiger partial charge < -0.3 is 9.84 Å². The molecule has 0 heterocycles. The molecule has 0 unspecified atom stereocenters. The van der Waals surface area contributed by atoms with E-state index in [4.69, 9.17) is 4.74 Å². The number of nitrogens with one attached hydrogen (secondary N) is 1. The monoisotopic (exact) mass is 284 g/mol. The number of phenols is 1. The Bertz CT molecular complexity index is 653. The third-order valence-corrected chi connectivity index (χ3v) is 2.74. The Hall–Kier alpha value is -2.82. The molecule has 1 amide bonds. The molecule has 21 heavy (non-hydrogen) atoms. The molecule has 0 saturated carbocycles. The maximum absolute atomic E-state index is 11.9. The summed E-state index contributed by atoms with van der Waals surface area (Å²) in [5.74, 6) is 0.138. The first-order chi connectivity index (χ1) is 10.2. The van der Waals surface area contributed by atoms with Gasteiger partial charge in [0, 0.05) is 5.56 Å². The van der Waals surface area contributed by atoms with Gasteiger partial charge in [-0.3, -0.25) is 4.79 Å². The van der Waals surface area contributed by atoms with Crippen LogP contribution in [0.2, 0.25) is 0 Å². The molecule has 0 saturated heterocycles. The Labute approximate surface area is 122 Å². The topological polar surface area (TPSA) is 70.9 Å². The van der Waals surface area contributed by atoms with E-state index >= 15 is 0 Å². The minimum Gasteiger partial charge on any atom is -0.507 e. The number of nitrogens with zero attached hydrogens (tertiary/aromatic N) is 1. The molecule has 5 nitrogen and oxygen atoms in total. The van der Waals surface area contributed by atoms with E-state index in [1.54, 1.807) is 12.1 Å². The van der Waals surface area contributed by atoms with E-state index in [-0.39, 0.29) is 11.3 Å². The predicted octanol–water partition coefficient (Wildman–Crippen LogP) is 2.55. The Kier molecular flexibility index (Phi) is 4.93. The second kappa shape index (κ2) is 7.09. The number of ether oxygens (including phenoxy) is 1. The zero-order valence-electron chi connectivity index (χ0n) is 11.6. The maximum Gasteiger partial charge on any atom is 0.275 e. The second-order valence-corrected chi connectivity index (χ2v) is 4.19. The molecular weight excluding hydrogens is 268 g/mol. The fraction of sp³-hybridized carbons (Fsp3) is 0.125.